The molecule has 0 unspecified atom stereocenters. The number of nitrogens with zero attached hydrogens (tertiary/aromatic N) is 1. The van der Waals surface area contributed by atoms with E-state index in [-0.39, 0.29) is 10.9 Å². The molecule has 116 valence electrons. The first kappa shape index (κ1) is 16.0. The Morgan fingerprint density at radius 2 is 1.95 bits per heavy atom. The highest BCUT2D eigenvalue weighted by molar-refractivity contribution is 7.89. The Morgan fingerprint density at radius 3 is 2.48 bits per heavy atom. The summed E-state index contributed by atoms with van der Waals surface area (Å²) in [6.07, 6.45) is 5.67. The maximum Gasteiger partial charge on any atom is 0.243 e. The number of hydrogen-bond acceptors (Lipinski definition) is 3. The van der Waals surface area contributed by atoms with Gasteiger partial charge in [-0.25, -0.2) is 8.42 Å². The molecule has 0 heterocycles. The molecule has 21 heavy (non-hydrogen) atoms. The largest absolute Gasteiger partial charge is 0.398 e. The summed E-state index contributed by atoms with van der Waals surface area (Å²) in [6.45, 7) is 7.83. The lowest BCUT2D eigenvalue weighted by Gasteiger charge is -2.27. The second kappa shape index (κ2) is 6.20. The van der Waals surface area contributed by atoms with Gasteiger partial charge < -0.3 is 5.73 Å². The number of benzene rings is 1. The van der Waals surface area contributed by atoms with E-state index in [9.17, 15) is 8.42 Å². The highest BCUT2D eigenvalue weighted by Gasteiger charge is 2.32. The molecule has 1 aliphatic rings. The van der Waals surface area contributed by atoms with E-state index >= 15 is 0 Å². The number of rotatable bonds is 5. The molecular formula is C16H24N2O2S. The van der Waals surface area contributed by atoms with Crippen LogP contribution in [0.5, 0.6) is 0 Å². The summed E-state index contributed by atoms with van der Waals surface area (Å²) in [5.74, 6) is 0. The van der Waals surface area contributed by atoms with Gasteiger partial charge in [0.05, 0.1) is 4.90 Å². The Balaban J connectivity index is 2.45. The van der Waals surface area contributed by atoms with Crippen molar-refractivity contribution in [3.63, 3.8) is 0 Å². The van der Waals surface area contributed by atoms with Gasteiger partial charge in [-0.1, -0.05) is 18.9 Å². The molecule has 4 nitrogen and oxygen atoms in total. The number of hydrogen-bond donors (Lipinski definition) is 1. The fraction of sp³-hybridized carbons (Fsp3) is 0.500. The molecule has 0 atom stereocenters. The van der Waals surface area contributed by atoms with Crippen molar-refractivity contribution < 1.29 is 8.42 Å². The van der Waals surface area contributed by atoms with Crippen LogP contribution in [0, 0.1) is 13.8 Å². The Bertz CT molecular complexity index is 609. The first-order valence-corrected chi connectivity index (χ1v) is 8.81. The first-order valence-electron chi connectivity index (χ1n) is 7.37. The van der Waals surface area contributed by atoms with E-state index in [0.717, 1.165) is 36.8 Å². The quantitative estimate of drug-likeness (QED) is 0.672. The van der Waals surface area contributed by atoms with Crippen LogP contribution in [0.25, 0.3) is 0 Å². The molecule has 0 radical (unpaired) electrons. The Morgan fingerprint density at radius 1 is 1.33 bits per heavy atom. The average Bonchev–Trinajstić information content (AvgIpc) is 2.95. The zero-order chi connectivity index (χ0) is 15.6. The fourth-order valence-electron chi connectivity index (χ4n) is 2.90. The van der Waals surface area contributed by atoms with E-state index < -0.39 is 10.0 Å². The molecule has 1 aromatic rings. The van der Waals surface area contributed by atoms with Crippen molar-refractivity contribution in [1.29, 1.82) is 0 Å². The van der Waals surface area contributed by atoms with Crippen LogP contribution in [0.4, 0.5) is 5.69 Å². The van der Waals surface area contributed by atoms with Gasteiger partial charge in [0.15, 0.2) is 0 Å². The molecule has 2 N–H and O–H groups in total. The minimum Gasteiger partial charge on any atom is -0.398 e. The summed E-state index contributed by atoms with van der Waals surface area (Å²) in [6, 6.07) is 3.37. The van der Waals surface area contributed by atoms with Crippen molar-refractivity contribution in [3.8, 4) is 0 Å². The van der Waals surface area contributed by atoms with E-state index in [0.29, 0.717) is 12.2 Å². The first-order chi connectivity index (χ1) is 9.87. The third kappa shape index (κ3) is 3.14. The monoisotopic (exact) mass is 308 g/mol. The van der Waals surface area contributed by atoms with Gasteiger partial charge in [-0.05, 0) is 49.9 Å². The van der Waals surface area contributed by atoms with Crippen LogP contribution >= 0.6 is 0 Å². The summed E-state index contributed by atoms with van der Waals surface area (Å²) in [5, 5.41) is 0. The summed E-state index contributed by atoms with van der Waals surface area (Å²) in [5.41, 5.74) is 8.31. The van der Waals surface area contributed by atoms with E-state index in [1.54, 1.807) is 22.5 Å². The lowest BCUT2D eigenvalue weighted by Crippen LogP contribution is -2.39. The van der Waals surface area contributed by atoms with Gasteiger partial charge >= 0.3 is 0 Å². The maximum atomic E-state index is 12.9. The zero-order valence-electron chi connectivity index (χ0n) is 12.8. The molecule has 1 saturated carbocycles. The van der Waals surface area contributed by atoms with E-state index in [2.05, 4.69) is 6.58 Å². The van der Waals surface area contributed by atoms with E-state index in [1.807, 2.05) is 13.8 Å². The molecule has 5 heteroatoms. The smallest absolute Gasteiger partial charge is 0.243 e. The molecule has 0 aromatic heterocycles. The summed E-state index contributed by atoms with van der Waals surface area (Å²) in [7, 11) is -3.53. The number of sulfonamides is 1. The third-order valence-corrected chi connectivity index (χ3v) is 6.22. The second-order valence-corrected chi connectivity index (χ2v) is 7.65. The molecule has 0 amide bonds. The standard InChI is InChI=1S/C16H24N2O2S/c1-4-9-18(14-7-5-6-8-14)21(19,20)15-10-12(2)13(3)16(17)11-15/h4,10-11,14H,1,5-9,17H2,2-3H3. The predicted molar refractivity (Wildman–Crippen MR) is 86.7 cm³/mol. The number of aryl methyl sites for hydroxylation is 1. The second-order valence-electron chi connectivity index (χ2n) is 5.76. The van der Waals surface area contributed by atoms with Crippen LogP contribution in [-0.2, 0) is 10.0 Å². The van der Waals surface area contributed by atoms with Crippen molar-refractivity contribution >= 4 is 15.7 Å². The zero-order valence-corrected chi connectivity index (χ0v) is 13.6. The van der Waals surface area contributed by atoms with Crippen LogP contribution < -0.4 is 5.73 Å². The van der Waals surface area contributed by atoms with Crippen molar-refractivity contribution in [2.75, 3.05) is 12.3 Å². The van der Waals surface area contributed by atoms with Crippen molar-refractivity contribution in [1.82, 2.24) is 4.31 Å². The predicted octanol–water partition coefficient (Wildman–Crippen LogP) is 3.00. The highest BCUT2D eigenvalue weighted by atomic mass is 32.2. The van der Waals surface area contributed by atoms with Crippen LogP contribution in [-0.4, -0.2) is 25.3 Å². The average molecular weight is 308 g/mol. The summed E-state index contributed by atoms with van der Waals surface area (Å²) < 4.78 is 27.5. The van der Waals surface area contributed by atoms with E-state index in [1.165, 1.54) is 0 Å². The van der Waals surface area contributed by atoms with Gasteiger partial charge in [0.25, 0.3) is 0 Å². The Kier molecular flexibility index (Phi) is 4.74. The molecule has 1 fully saturated rings. The molecule has 1 aliphatic carbocycles. The number of nitrogens with two attached hydrogens (primary N) is 1. The molecule has 0 spiro atoms. The minimum atomic E-state index is -3.53. The van der Waals surface area contributed by atoms with Gasteiger partial charge in [-0.2, -0.15) is 4.31 Å². The summed E-state index contributed by atoms with van der Waals surface area (Å²) >= 11 is 0. The van der Waals surface area contributed by atoms with Crippen molar-refractivity contribution in [2.45, 2.75) is 50.5 Å². The number of anilines is 1. The van der Waals surface area contributed by atoms with Crippen LogP contribution in [0.2, 0.25) is 0 Å². The van der Waals surface area contributed by atoms with Gasteiger partial charge in [-0.15, -0.1) is 6.58 Å². The Hall–Kier alpha value is -1.33. The van der Waals surface area contributed by atoms with E-state index in [4.69, 9.17) is 5.73 Å². The normalized spacial score (nSPS) is 16.5. The maximum absolute atomic E-state index is 12.9. The van der Waals surface area contributed by atoms with Crippen LogP contribution in [0.15, 0.2) is 29.7 Å². The topological polar surface area (TPSA) is 63.4 Å². The molecule has 2 rings (SSSR count). The van der Waals surface area contributed by atoms with Gasteiger partial charge in [0, 0.05) is 18.3 Å². The molecule has 1 aromatic carbocycles. The highest BCUT2D eigenvalue weighted by Crippen LogP contribution is 2.30. The minimum absolute atomic E-state index is 0.0795. The molecular weight excluding hydrogens is 284 g/mol. The van der Waals surface area contributed by atoms with Gasteiger partial charge in [0.2, 0.25) is 10.0 Å². The number of nitrogen functional groups attached to an aromatic ring is 1. The SMILES string of the molecule is C=CCN(C1CCCC1)S(=O)(=O)c1cc(C)c(C)c(N)c1. The molecule has 0 saturated heterocycles. The molecule has 0 bridgehead atoms. The van der Waals surface area contributed by atoms with Gasteiger partial charge in [0.1, 0.15) is 0 Å². The lowest BCUT2D eigenvalue weighted by molar-refractivity contribution is 0.347. The van der Waals surface area contributed by atoms with Crippen LogP contribution in [0.3, 0.4) is 0 Å². The molecule has 0 aliphatic heterocycles. The third-order valence-electron chi connectivity index (χ3n) is 4.33. The fourth-order valence-corrected chi connectivity index (χ4v) is 4.68. The lowest BCUT2D eigenvalue weighted by atomic mass is 10.1. The van der Waals surface area contributed by atoms with Crippen molar-refractivity contribution in [3.05, 3.63) is 35.9 Å². The Labute approximate surface area is 127 Å². The van der Waals surface area contributed by atoms with Crippen LogP contribution in [0.1, 0.15) is 36.8 Å². The van der Waals surface area contributed by atoms with Gasteiger partial charge in [-0.3, -0.25) is 0 Å². The van der Waals surface area contributed by atoms with Crippen molar-refractivity contribution in [2.24, 2.45) is 0 Å². The summed E-state index contributed by atoms with van der Waals surface area (Å²) in [4.78, 5) is 0.289.